The molecule has 5 heteroatoms. The van der Waals surface area contributed by atoms with Gasteiger partial charge in [0.25, 0.3) is 0 Å². The zero-order valence-electron chi connectivity index (χ0n) is 10.2. The van der Waals surface area contributed by atoms with E-state index in [-0.39, 0.29) is 6.03 Å². The molecule has 1 aromatic rings. The van der Waals surface area contributed by atoms with Crippen LogP contribution in [0.2, 0.25) is 5.02 Å². The van der Waals surface area contributed by atoms with Crippen molar-refractivity contribution in [3.63, 3.8) is 0 Å². The van der Waals surface area contributed by atoms with Crippen LogP contribution in [0.4, 0.5) is 10.5 Å². The third-order valence-corrected chi connectivity index (χ3v) is 2.52. The van der Waals surface area contributed by atoms with Crippen LogP contribution in [-0.2, 0) is 0 Å². The second-order valence-corrected chi connectivity index (χ2v) is 4.42. The molecule has 0 aromatic heterocycles. The average Bonchev–Trinajstić information content (AvgIpc) is 2.27. The van der Waals surface area contributed by atoms with Gasteiger partial charge in [-0.15, -0.1) is 0 Å². The topological polar surface area (TPSA) is 44.4 Å². The van der Waals surface area contributed by atoms with E-state index < -0.39 is 0 Å². The highest BCUT2D eigenvalue weighted by atomic mass is 35.5. The second kappa shape index (κ2) is 7.14. The molecular weight excluding hydrogens is 238 g/mol. The predicted octanol–water partition coefficient (Wildman–Crippen LogP) is 2.41. The van der Waals surface area contributed by atoms with E-state index in [1.165, 1.54) is 0 Å². The van der Waals surface area contributed by atoms with Gasteiger partial charge in [-0.25, -0.2) is 4.79 Å². The molecule has 0 atom stereocenters. The first-order valence-electron chi connectivity index (χ1n) is 5.53. The van der Waals surface area contributed by atoms with Crippen LogP contribution in [0.5, 0.6) is 0 Å². The second-order valence-electron chi connectivity index (χ2n) is 4.02. The van der Waals surface area contributed by atoms with Crippen LogP contribution in [0.25, 0.3) is 0 Å². The molecule has 0 heterocycles. The van der Waals surface area contributed by atoms with E-state index >= 15 is 0 Å². The molecule has 0 aliphatic carbocycles. The fourth-order valence-corrected chi connectivity index (χ4v) is 1.51. The Bertz CT molecular complexity index is 369. The molecule has 94 valence electrons. The molecule has 0 saturated heterocycles. The quantitative estimate of drug-likeness (QED) is 0.794. The van der Waals surface area contributed by atoms with E-state index in [9.17, 15) is 4.79 Å². The summed E-state index contributed by atoms with van der Waals surface area (Å²) >= 11 is 5.92. The summed E-state index contributed by atoms with van der Waals surface area (Å²) < 4.78 is 0. The summed E-state index contributed by atoms with van der Waals surface area (Å²) in [6.07, 6.45) is 0.920. The number of amides is 2. The Labute approximate surface area is 107 Å². The van der Waals surface area contributed by atoms with Crippen molar-refractivity contribution in [1.29, 1.82) is 0 Å². The fraction of sp³-hybridized carbons (Fsp3) is 0.417. The summed E-state index contributed by atoms with van der Waals surface area (Å²) in [5.74, 6) is 0. The van der Waals surface area contributed by atoms with Gasteiger partial charge in [0, 0.05) is 6.54 Å². The maximum Gasteiger partial charge on any atom is 0.319 e. The summed E-state index contributed by atoms with van der Waals surface area (Å²) in [4.78, 5) is 13.6. The number of nitrogens with zero attached hydrogens (tertiary/aromatic N) is 1. The molecular formula is C12H18ClN3O. The highest BCUT2D eigenvalue weighted by Crippen LogP contribution is 2.19. The van der Waals surface area contributed by atoms with E-state index in [1.807, 2.05) is 26.2 Å². The lowest BCUT2D eigenvalue weighted by Crippen LogP contribution is -2.31. The summed E-state index contributed by atoms with van der Waals surface area (Å²) in [5.41, 5.74) is 0.624. The fourth-order valence-electron chi connectivity index (χ4n) is 1.33. The lowest BCUT2D eigenvalue weighted by atomic mass is 10.3. The molecule has 0 spiro atoms. The molecule has 0 unspecified atom stereocenters. The van der Waals surface area contributed by atoms with Crippen LogP contribution in [0.3, 0.4) is 0 Å². The van der Waals surface area contributed by atoms with Gasteiger partial charge in [0.05, 0.1) is 10.7 Å². The maximum atomic E-state index is 11.5. The van der Waals surface area contributed by atoms with Crippen molar-refractivity contribution in [2.24, 2.45) is 0 Å². The number of benzene rings is 1. The van der Waals surface area contributed by atoms with Crippen LogP contribution >= 0.6 is 11.6 Å². The largest absolute Gasteiger partial charge is 0.338 e. The Hall–Kier alpha value is -1.26. The zero-order valence-corrected chi connectivity index (χ0v) is 10.9. The van der Waals surface area contributed by atoms with Gasteiger partial charge >= 0.3 is 6.03 Å². The van der Waals surface area contributed by atoms with Crippen molar-refractivity contribution in [2.75, 3.05) is 32.5 Å². The van der Waals surface area contributed by atoms with E-state index in [1.54, 1.807) is 12.1 Å². The first-order chi connectivity index (χ1) is 8.09. The van der Waals surface area contributed by atoms with E-state index in [4.69, 9.17) is 11.6 Å². The summed E-state index contributed by atoms with van der Waals surface area (Å²) in [5, 5.41) is 6.02. The number of halogens is 1. The van der Waals surface area contributed by atoms with Gasteiger partial charge in [-0.3, -0.25) is 0 Å². The van der Waals surface area contributed by atoms with Crippen molar-refractivity contribution >= 4 is 23.3 Å². The van der Waals surface area contributed by atoms with E-state index in [0.29, 0.717) is 17.3 Å². The Kier molecular flexibility index (Phi) is 5.80. The third kappa shape index (κ3) is 5.56. The Morgan fingerprint density at radius 3 is 2.71 bits per heavy atom. The lowest BCUT2D eigenvalue weighted by molar-refractivity contribution is 0.251. The molecule has 0 bridgehead atoms. The smallest absolute Gasteiger partial charge is 0.319 e. The van der Waals surface area contributed by atoms with Crippen LogP contribution in [0.15, 0.2) is 24.3 Å². The Morgan fingerprint density at radius 1 is 1.35 bits per heavy atom. The number of para-hydroxylation sites is 1. The number of anilines is 1. The minimum atomic E-state index is -0.225. The third-order valence-electron chi connectivity index (χ3n) is 2.19. The van der Waals surface area contributed by atoms with Crippen LogP contribution in [-0.4, -0.2) is 38.1 Å². The average molecular weight is 256 g/mol. The molecule has 0 radical (unpaired) electrons. The van der Waals surface area contributed by atoms with Crippen molar-refractivity contribution in [3.8, 4) is 0 Å². The Balaban J connectivity index is 2.28. The molecule has 1 aromatic carbocycles. The van der Waals surface area contributed by atoms with Gasteiger partial charge < -0.3 is 15.5 Å². The zero-order chi connectivity index (χ0) is 12.7. The van der Waals surface area contributed by atoms with Crippen LogP contribution in [0, 0.1) is 0 Å². The SMILES string of the molecule is CN(C)CCCNC(=O)Nc1ccccc1Cl. The highest BCUT2D eigenvalue weighted by Gasteiger charge is 2.03. The van der Waals surface area contributed by atoms with E-state index in [0.717, 1.165) is 13.0 Å². The summed E-state index contributed by atoms with van der Waals surface area (Å²) in [6, 6.07) is 6.93. The van der Waals surface area contributed by atoms with Gasteiger partial charge in [-0.2, -0.15) is 0 Å². The molecule has 0 aliphatic heterocycles. The molecule has 0 fully saturated rings. The van der Waals surface area contributed by atoms with Gasteiger partial charge in [0.1, 0.15) is 0 Å². The normalized spacial score (nSPS) is 10.4. The van der Waals surface area contributed by atoms with Crippen molar-refractivity contribution in [2.45, 2.75) is 6.42 Å². The molecule has 17 heavy (non-hydrogen) atoms. The van der Waals surface area contributed by atoms with Crippen LogP contribution < -0.4 is 10.6 Å². The predicted molar refractivity (Wildman–Crippen MR) is 71.6 cm³/mol. The molecule has 2 amide bonds. The number of hydrogen-bond donors (Lipinski definition) is 2. The molecule has 0 aliphatic rings. The monoisotopic (exact) mass is 255 g/mol. The van der Waals surface area contributed by atoms with Gasteiger partial charge in [0.2, 0.25) is 0 Å². The number of nitrogens with one attached hydrogen (secondary N) is 2. The number of carbonyl (C=O) groups is 1. The molecule has 1 rings (SSSR count). The van der Waals surface area contributed by atoms with Crippen molar-refractivity contribution in [3.05, 3.63) is 29.3 Å². The van der Waals surface area contributed by atoms with Gasteiger partial charge in [0.15, 0.2) is 0 Å². The minimum Gasteiger partial charge on any atom is -0.338 e. The van der Waals surface area contributed by atoms with Gasteiger partial charge in [-0.1, -0.05) is 23.7 Å². The lowest BCUT2D eigenvalue weighted by Gasteiger charge is -2.11. The molecule has 0 saturated carbocycles. The Morgan fingerprint density at radius 2 is 2.06 bits per heavy atom. The number of hydrogen-bond acceptors (Lipinski definition) is 2. The number of rotatable bonds is 5. The van der Waals surface area contributed by atoms with Gasteiger partial charge in [-0.05, 0) is 39.2 Å². The summed E-state index contributed by atoms with van der Waals surface area (Å²) in [7, 11) is 4.01. The highest BCUT2D eigenvalue weighted by molar-refractivity contribution is 6.33. The van der Waals surface area contributed by atoms with E-state index in [2.05, 4.69) is 15.5 Å². The minimum absolute atomic E-state index is 0.225. The first-order valence-corrected chi connectivity index (χ1v) is 5.91. The number of carbonyl (C=O) groups excluding carboxylic acids is 1. The molecule has 2 N–H and O–H groups in total. The summed E-state index contributed by atoms with van der Waals surface area (Å²) in [6.45, 7) is 1.60. The van der Waals surface area contributed by atoms with Crippen LogP contribution in [0.1, 0.15) is 6.42 Å². The number of urea groups is 1. The van der Waals surface area contributed by atoms with Crippen molar-refractivity contribution in [1.82, 2.24) is 10.2 Å². The standard InChI is InChI=1S/C12H18ClN3O/c1-16(2)9-5-8-14-12(17)15-11-7-4-3-6-10(11)13/h3-4,6-7H,5,8-9H2,1-2H3,(H2,14,15,17). The van der Waals surface area contributed by atoms with Crippen molar-refractivity contribution < 1.29 is 4.79 Å². The maximum absolute atomic E-state index is 11.5. The first kappa shape index (κ1) is 13.8. The molecule has 4 nitrogen and oxygen atoms in total.